The summed E-state index contributed by atoms with van der Waals surface area (Å²) in [6, 6.07) is 6.89. The minimum atomic E-state index is -0.145. The topological polar surface area (TPSA) is 62.5 Å². The van der Waals surface area contributed by atoms with Crippen molar-refractivity contribution in [3.05, 3.63) is 53.5 Å². The van der Waals surface area contributed by atoms with Crippen LogP contribution in [0.1, 0.15) is 44.9 Å². The van der Waals surface area contributed by atoms with Crippen molar-refractivity contribution < 1.29 is 8.81 Å². The Morgan fingerprint density at radius 2 is 2.04 bits per heavy atom. The molecule has 0 aliphatic heterocycles. The number of guanidine groups is 1. The molecule has 7 heteroatoms. The number of hydrogen-bond donors (Lipinski definition) is 2. The van der Waals surface area contributed by atoms with E-state index in [0.717, 1.165) is 36.1 Å². The maximum atomic E-state index is 13.6. The first kappa shape index (κ1) is 21.3. The van der Waals surface area contributed by atoms with E-state index >= 15 is 0 Å². The molecule has 0 bridgehead atoms. The summed E-state index contributed by atoms with van der Waals surface area (Å²) in [5, 5.41) is 6.49. The number of hydrogen-bond acceptors (Lipinski definition) is 4. The first-order valence-corrected chi connectivity index (χ1v) is 10.3. The van der Waals surface area contributed by atoms with Gasteiger partial charge in [0.1, 0.15) is 18.1 Å². The van der Waals surface area contributed by atoms with Crippen LogP contribution in [0.4, 0.5) is 4.39 Å². The number of oxazole rings is 1. The van der Waals surface area contributed by atoms with Crippen LogP contribution in [0.25, 0.3) is 0 Å². The van der Waals surface area contributed by atoms with Crippen molar-refractivity contribution in [1.29, 1.82) is 0 Å². The summed E-state index contributed by atoms with van der Waals surface area (Å²) in [5.41, 5.74) is 0.675. The van der Waals surface area contributed by atoms with Gasteiger partial charge in [-0.1, -0.05) is 39.0 Å². The molecule has 148 valence electrons. The Morgan fingerprint density at radius 1 is 1.26 bits per heavy atom. The van der Waals surface area contributed by atoms with Gasteiger partial charge < -0.3 is 15.1 Å². The molecule has 0 saturated heterocycles. The van der Waals surface area contributed by atoms with Gasteiger partial charge in [-0.25, -0.2) is 14.4 Å². The Hall–Kier alpha value is -2.02. The van der Waals surface area contributed by atoms with Crippen molar-refractivity contribution >= 4 is 17.7 Å². The Bertz CT molecular complexity index is 740. The largest absolute Gasteiger partial charge is 0.443 e. The molecule has 1 aromatic carbocycles. The van der Waals surface area contributed by atoms with Crippen molar-refractivity contribution in [2.24, 2.45) is 4.99 Å². The number of thioether (sulfide) groups is 1. The predicted octanol–water partition coefficient (Wildman–Crippen LogP) is 4.10. The molecule has 0 unspecified atom stereocenters. The normalized spacial score (nSPS) is 12.3. The fourth-order valence-corrected chi connectivity index (χ4v) is 3.10. The quantitative estimate of drug-likeness (QED) is 0.402. The number of rotatable bonds is 8. The standard InChI is InChI=1S/C20H29FN4OS/c1-5-22-19(25-13-18-24-12-17(26-18)20(2,3)4)23-10-11-27-14-15-8-6-7-9-16(15)21/h6-9,12H,5,10-11,13-14H2,1-4H3,(H2,22,23,25). The van der Waals surface area contributed by atoms with Crippen LogP contribution < -0.4 is 10.6 Å². The van der Waals surface area contributed by atoms with Crippen LogP contribution in [0.5, 0.6) is 0 Å². The second kappa shape index (κ2) is 10.3. The number of benzene rings is 1. The average Bonchev–Trinajstić information content (AvgIpc) is 3.10. The lowest BCUT2D eigenvalue weighted by Gasteiger charge is -2.13. The summed E-state index contributed by atoms with van der Waals surface area (Å²) in [4.78, 5) is 8.82. The van der Waals surface area contributed by atoms with Gasteiger partial charge in [0.05, 0.1) is 6.20 Å². The van der Waals surface area contributed by atoms with Crippen molar-refractivity contribution in [2.75, 3.05) is 18.8 Å². The summed E-state index contributed by atoms with van der Waals surface area (Å²) >= 11 is 1.68. The smallest absolute Gasteiger partial charge is 0.216 e. The molecule has 0 aliphatic carbocycles. The first-order chi connectivity index (χ1) is 12.9. The highest BCUT2D eigenvalue weighted by atomic mass is 32.2. The van der Waals surface area contributed by atoms with E-state index in [-0.39, 0.29) is 11.2 Å². The molecule has 0 spiro atoms. The monoisotopic (exact) mass is 392 g/mol. The average molecular weight is 393 g/mol. The number of aliphatic imine (C=N–C) groups is 1. The zero-order valence-electron chi connectivity index (χ0n) is 16.5. The lowest BCUT2D eigenvalue weighted by Crippen LogP contribution is -2.38. The van der Waals surface area contributed by atoms with E-state index in [1.165, 1.54) is 6.07 Å². The third kappa shape index (κ3) is 7.25. The molecule has 0 aliphatic rings. The summed E-state index contributed by atoms with van der Waals surface area (Å²) in [7, 11) is 0. The van der Waals surface area contributed by atoms with Crippen LogP contribution in [-0.2, 0) is 17.7 Å². The summed E-state index contributed by atoms with van der Waals surface area (Å²) in [6.45, 7) is 10.2. The van der Waals surface area contributed by atoms with E-state index in [4.69, 9.17) is 4.42 Å². The van der Waals surface area contributed by atoms with Crippen molar-refractivity contribution in [3.8, 4) is 0 Å². The first-order valence-electron chi connectivity index (χ1n) is 9.18. The van der Waals surface area contributed by atoms with Crippen LogP contribution in [0, 0.1) is 5.82 Å². The van der Waals surface area contributed by atoms with Crippen LogP contribution in [-0.4, -0.2) is 29.8 Å². The highest BCUT2D eigenvalue weighted by molar-refractivity contribution is 7.98. The molecule has 2 N–H and O–H groups in total. The van der Waals surface area contributed by atoms with E-state index in [1.54, 1.807) is 24.0 Å². The molecule has 0 amide bonds. The van der Waals surface area contributed by atoms with Gasteiger partial charge in [-0.05, 0) is 18.6 Å². The van der Waals surface area contributed by atoms with Gasteiger partial charge >= 0.3 is 0 Å². The minimum absolute atomic E-state index is 0.0623. The fourth-order valence-electron chi connectivity index (χ4n) is 2.26. The molecule has 27 heavy (non-hydrogen) atoms. The Labute approximate surface area is 165 Å². The summed E-state index contributed by atoms with van der Waals surface area (Å²) < 4.78 is 19.4. The Balaban J connectivity index is 1.78. The number of nitrogens with zero attached hydrogens (tertiary/aromatic N) is 2. The Kier molecular flexibility index (Phi) is 8.16. The molecule has 2 rings (SSSR count). The second-order valence-electron chi connectivity index (χ2n) is 7.13. The summed E-state index contributed by atoms with van der Waals surface area (Å²) in [5.74, 6) is 3.55. The summed E-state index contributed by atoms with van der Waals surface area (Å²) in [6.07, 6.45) is 1.77. The molecule has 5 nitrogen and oxygen atoms in total. The predicted molar refractivity (Wildman–Crippen MR) is 111 cm³/mol. The SMILES string of the molecule is CCNC(=NCc1ncc(C(C)(C)C)o1)NCCSCc1ccccc1F. The van der Waals surface area contributed by atoms with Gasteiger partial charge in [-0.15, -0.1) is 0 Å². The van der Waals surface area contributed by atoms with Crippen molar-refractivity contribution in [2.45, 2.75) is 45.4 Å². The van der Waals surface area contributed by atoms with Gasteiger partial charge in [-0.3, -0.25) is 0 Å². The Morgan fingerprint density at radius 3 is 2.70 bits per heavy atom. The molecule has 1 aromatic heterocycles. The van der Waals surface area contributed by atoms with Gasteiger partial charge in [0.2, 0.25) is 5.89 Å². The number of aromatic nitrogens is 1. The van der Waals surface area contributed by atoms with Gasteiger partial charge in [0.15, 0.2) is 5.96 Å². The number of halogens is 1. The molecule has 0 atom stereocenters. The van der Waals surface area contributed by atoms with E-state index in [2.05, 4.69) is 41.4 Å². The van der Waals surface area contributed by atoms with Crippen LogP contribution in [0.3, 0.4) is 0 Å². The van der Waals surface area contributed by atoms with E-state index in [1.807, 2.05) is 19.1 Å². The maximum Gasteiger partial charge on any atom is 0.216 e. The van der Waals surface area contributed by atoms with Crippen molar-refractivity contribution in [3.63, 3.8) is 0 Å². The van der Waals surface area contributed by atoms with E-state index in [9.17, 15) is 4.39 Å². The zero-order valence-corrected chi connectivity index (χ0v) is 17.3. The van der Waals surface area contributed by atoms with Crippen LogP contribution >= 0.6 is 11.8 Å². The van der Waals surface area contributed by atoms with Gasteiger partial charge in [0.25, 0.3) is 0 Å². The fraction of sp³-hybridized carbons (Fsp3) is 0.500. The minimum Gasteiger partial charge on any atom is -0.443 e. The molecule has 0 radical (unpaired) electrons. The molecular formula is C20H29FN4OS. The molecule has 0 saturated carbocycles. The highest BCUT2D eigenvalue weighted by Gasteiger charge is 2.18. The molecular weight excluding hydrogens is 363 g/mol. The second-order valence-corrected chi connectivity index (χ2v) is 8.24. The van der Waals surface area contributed by atoms with Crippen LogP contribution in [0.15, 0.2) is 39.9 Å². The third-order valence-electron chi connectivity index (χ3n) is 3.76. The lowest BCUT2D eigenvalue weighted by molar-refractivity contribution is 0.383. The molecule has 2 aromatic rings. The maximum absolute atomic E-state index is 13.6. The molecule has 0 fully saturated rings. The zero-order chi connectivity index (χ0) is 19.7. The van der Waals surface area contributed by atoms with Crippen molar-refractivity contribution in [1.82, 2.24) is 15.6 Å². The van der Waals surface area contributed by atoms with E-state index in [0.29, 0.717) is 18.2 Å². The van der Waals surface area contributed by atoms with Gasteiger partial charge in [0, 0.05) is 30.0 Å². The highest BCUT2D eigenvalue weighted by Crippen LogP contribution is 2.22. The lowest BCUT2D eigenvalue weighted by atomic mass is 9.94. The molecule has 1 heterocycles. The number of nitrogens with one attached hydrogen (secondary N) is 2. The third-order valence-corrected chi connectivity index (χ3v) is 4.77. The van der Waals surface area contributed by atoms with Crippen LogP contribution in [0.2, 0.25) is 0 Å². The van der Waals surface area contributed by atoms with Gasteiger partial charge in [-0.2, -0.15) is 11.8 Å². The van der Waals surface area contributed by atoms with E-state index < -0.39 is 0 Å².